The third kappa shape index (κ3) is 2.10. The number of nitrogens with two attached hydrogens (primary N) is 1. The van der Waals surface area contributed by atoms with Crippen molar-refractivity contribution in [3.05, 3.63) is 11.7 Å². The van der Waals surface area contributed by atoms with Crippen LogP contribution in [0, 0.1) is 11.3 Å². The van der Waals surface area contributed by atoms with Crippen LogP contribution in [-0.2, 0) is 0 Å². The van der Waals surface area contributed by atoms with Gasteiger partial charge in [0, 0.05) is 17.9 Å². The smallest absolute Gasteiger partial charge is 0.230 e. The van der Waals surface area contributed by atoms with E-state index in [9.17, 15) is 0 Å². The van der Waals surface area contributed by atoms with E-state index >= 15 is 0 Å². The molecule has 0 amide bonds. The van der Waals surface area contributed by atoms with Gasteiger partial charge < -0.3 is 10.3 Å². The van der Waals surface area contributed by atoms with Crippen LogP contribution in [0.4, 0.5) is 0 Å². The molecule has 4 heteroatoms. The second kappa shape index (κ2) is 4.58. The van der Waals surface area contributed by atoms with Crippen molar-refractivity contribution in [2.45, 2.75) is 70.8 Å². The van der Waals surface area contributed by atoms with Crippen LogP contribution in [0.1, 0.15) is 76.4 Å². The largest absolute Gasteiger partial charge is 0.339 e. The molecule has 2 aliphatic rings. The molecule has 0 radical (unpaired) electrons. The van der Waals surface area contributed by atoms with E-state index in [4.69, 9.17) is 15.2 Å². The highest BCUT2D eigenvalue weighted by atomic mass is 16.5. The Morgan fingerprint density at radius 3 is 2.58 bits per heavy atom. The van der Waals surface area contributed by atoms with Crippen LogP contribution in [0.25, 0.3) is 0 Å². The number of hydrogen-bond acceptors (Lipinski definition) is 4. The lowest BCUT2D eigenvalue weighted by Gasteiger charge is -2.45. The van der Waals surface area contributed by atoms with Gasteiger partial charge in [0.25, 0.3) is 0 Å². The van der Waals surface area contributed by atoms with Crippen molar-refractivity contribution < 1.29 is 4.52 Å². The molecule has 2 aliphatic carbocycles. The van der Waals surface area contributed by atoms with E-state index in [1.807, 2.05) is 0 Å². The lowest BCUT2D eigenvalue weighted by atomic mass is 9.61. The van der Waals surface area contributed by atoms with Gasteiger partial charge in [-0.1, -0.05) is 32.3 Å². The molecule has 19 heavy (non-hydrogen) atoms. The zero-order valence-electron chi connectivity index (χ0n) is 12.2. The van der Waals surface area contributed by atoms with Gasteiger partial charge in [-0.05, 0) is 37.0 Å². The fourth-order valence-electron chi connectivity index (χ4n) is 3.51. The van der Waals surface area contributed by atoms with Crippen LogP contribution >= 0.6 is 0 Å². The van der Waals surface area contributed by atoms with Crippen molar-refractivity contribution in [2.75, 3.05) is 0 Å². The van der Waals surface area contributed by atoms with Gasteiger partial charge >= 0.3 is 0 Å². The van der Waals surface area contributed by atoms with Crippen LogP contribution in [-0.4, -0.2) is 16.2 Å². The van der Waals surface area contributed by atoms with E-state index in [0.29, 0.717) is 23.8 Å². The topological polar surface area (TPSA) is 64.9 Å². The zero-order chi connectivity index (χ0) is 13.6. The van der Waals surface area contributed by atoms with Crippen molar-refractivity contribution in [1.82, 2.24) is 10.1 Å². The summed E-state index contributed by atoms with van der Waals surface area (Å²) < 4.78 is 5.58. The number of hydrogen-bond donors (Lipinski definition) is 1. The molecular weight excluding hydrogens is 238 g/mol. The maximum atomic E-state index is 6.21. The van der Waals surface area contributed by atoms with Gasteiger partial charge in [-0.2, -0.15) is 4.98 Å². The van der Waals surface area contributed by atoms with Crippen LogP contribution < -0.4 is 5.73 Å². The third-order valence-electron chi connectivity index (χ3n) is 5.73. The predicted octanol–water partition coefficient (Wildman–Crippen LogP) is 3.20. The standard InChI is InChI=1S/C15H25N3O/c1-9-12(16)8-7-11(15(9,2)3)14-17-13(18-19-14)10-5-4-6-10/h9-12H,4-8,16H2,1-3H3. The first kappa shape index (κ1) is 13.1. The summed E-state index contributed by atoms with van der Waals surface area (Å²) in [4.78, 5) is 4.69. The van der Waals surface area contributed by atoms with E-state index in [0.717, 1.165) is 24.6 Å². The van der Waals surface area contributed by atoms with Gasteiger partial charge in [0.15, 0.2) is 5.82 Å². The van der Waals surface area contributed by atoms with Gasteiger partial charge in [-0.15, -0.1) is 0 Å². The van der Waals surface area contributed by atoms with E-state index in [2.05, 4.69) is 25.9 Å². The van der Waals surface area contributed by atoms with Crippen LogP contribution in [0.15, 0.2) is 4.52 Å². The summed E-state index contributed by atoms with van der Waals surface area (Å²) in [5.41, 5.74) is 6.34. The van der Waals surface area contributed by atoms with Gasteiger partial charge in [-0.25, -0.2) is 0 Å². The molecule has 1 heterocycles. The number of rotatable bonds is 2. The summed E-state index contributed by atoms with van der Waals surface area (Å²) in [6.07, 6.45) is 5.85. The molecule has 1 aromatic rings. The summed E-state index contributed by atoms with van der Waals surface area (Å²) in [6, 6.07) is 0.292. The molecule has 3 rings (SSSR count). The highest BCUT2D eigenvalue weighted by Gasteiger charge is 2.45. The first-order chi connectivity index (χ1) is 9.00. The van der Waals surface area contributed by atoms with Crippen LogP contribution in [0.2, 0.25) is 0 Å². The number of nitrogens with zero attached hydrogens (tertiary/aromatic N) is 2. The van der Waals surface area contributed by atoms with Crippen molar-refractivity contribution in [3.63, 3.8) is 0 Å². The summed E-state index contributed by atoms with van der Waals surface area (Å²) in [6.45, 7) is 6.82. The Labute approximate surface area is 115 Å². The second-order valence-corrected chi connectivity index (χ2v) is 7.02. The Bertz CT molecular complexity index is 450. The normalized spacial score (nSPS) is 35.1. The summed E-state index contributed by atoms with van der Waals surface area (Å²) in [5.74, 6) is 3.14. The fraction of sp³-hybridized carbons (Fsp3) is 0.867. The Hall–Kier alpha value is -0.900. The maximum absolute atomic E-state index is 6.21. The Morgan fingerprint density at radius 2 is 1.95 bits per heavy atom. The van der Waals surface area contributed by atoms with Crippen LogP contribution in [0.3, 0.4) is 0 Å². The minimum absolute atomic E-state index is 0.126. The molecule has 3 atom stereocenters. The third-order valence-corrected chi connectivity index (χ3v) is 5.73. The highest BCUT2D eigenvalue weighted by molar-refractivity contribution is 5.09. The number of aromatic nitrogens is 2. The molecule has 2 saturated carbocycles. The Balaban J connectivity index is 1.82. The molecule has 0 aliphatic heterocycles. The summed E-state index contributed by atoms with van der Waals surface area (Å²) in [5, 5.41) is 4.21. The lowest BCUT2D eigenvalue weighted by Crippen LogP contribution is -2.45. The van der Waals surface area contributed by atoms with Crippen molar-refractivity contribution in [3.8, 4) is 0 Å². The molecule has 0 aromatic carbocycles. The Kier molecular flexibility index (Phi) is 3.16. The summed E-state index contributed by atoms with van der Waals surface area (Å²) in [7, 11) is 0. The minimum Gasteiger partial charge on any atom is -0.339 e. The molecule has 106 valence electrons. The maximum Gasteiger partial charge on any atom is 0.230 e. The van der Waals surface area contributed by atoms with E-state index in [1.165, 1.54) is 19.3 Å². The van der Waals surface area contributed by atoms with Gasteiger partial charge in [0.05, 0.1) is 0 Å². The molecule has 4 nitrogen and oxygen atoms in total. The molecule has 0 bridgehead atoms. The molecule has 0 saturated heterocycles. The highest BCUT2D eigenvalue weighted by Crippen LogP contribution is 2.49. The Morgan fingerprint density at radius 1 is 1.21 bits per heavy atom. The quantitative estimate of drug-likeness (QED) is 0.889. The van der Waals surface area contributed by atoms with Crippen molar-refractivity contribution in [2.24, 2.45) is 17.1 Å². The average Bonchev–Trinajstić information content (AvgIpc) is 2.73. The van der Waals surface area contributed by atoms with Gasteiger partial charge in [0.1, 0.15) is 0 Å². The first-order valence-corrected chi connectivity index (χ1v) is 7.59. The zero-order valence-corrected chi connectivity index (χ0v) is 12.2. The molecule has 1 aromatic heterocycles. The van der Waals surface area contributed by atoms with E-state index in [-0.39, 0.29) is 5.41 Å². The first-order valence-electron chi connectivity index (χ1n) is 7.59. The molecule has 2 N–H and O–H groups in total. The van der Waals surface area contributed by atoms with Crippen molar-refractivity contribution in [1.29, 1.82) is 0 Å². The lowest BCUT2D eigenvalue weighted by molar-refractivity contribution is 0.0806. The van der Waals surface area contributed by atoms with E-state index in [1.54, 1.807) is 0 Å². The monoisotopic (exact) mass is 263 g/mol. The molecule has 0 spiro atoms. The average molecular weight is 263 g/mol. The van der Waals surface area contributed by atoms with E-state index < -0.39 is 0 Å². The van der Waals surface area contributed by atoms with Crippen molar-refractivity contribution >= 4 is 0 Å². The second-order valence-electron chi connectivity index (χ2n) is 7.02. The molecule has 3 unspecified atom stereocenters. The van der Waals surface area contributed by atoms with Gasteiger partial charge in [-0.3, -0.25) is 0 Å². The summed E-state index contributed by atoms with van der Waals surface area (Å²) >= 11 is 0. The molecule has 2 fully saturated rings. The van der Waals surface area contributed by atoms with Crippen LogP contribution in [0.5, 0.6) is 0 Å². The fourth-order valence-corrected chi connectivity index (χ4v) is 3.51. The SMILES string of the molecule is CC1C(N)CCC(c2nc(C3CCC3)no2)C1(C)C. The molecular formula is C15H25N3O. The van der Waals surface area contributed by atoms with Gasteiger partial charge in [0.2, 0.25) is 5.89 Å². The predicted molar refractivity (Wildman–Crippen MR) is 73.8 cm³/mol. The minimum atomic E-state index is 0.126.